The zero-order valence-electron chi connectivity index (χ0n) is 11.9. The lowest BCUT2D eigenvalue weighted by Gasteiger charge is -2.25. The Balaban J connectivity index is 2.21. The van der Waals surface area contributed by atoms with Crippen LogP contribution in [0, 0.1) is 0 Å². The Bertz CT molecular complexity index is 292. The van der Waals surface area contributed by atoms with Gasteiger partial charge in [-0.15, -0.1) is 0 Å². The Hall–Kier alpha value is -0.623. The summed E-state index contributed by atoms with van der Waals surface area (Å²) in [7, 11) is 2.64. The van der Waals surface area contributed by atoms with E-state index in [-0.39, 0.29) is 0 Å². The van der Waals surface area contributed by atoms with Crippen LogP contribution in [-0.2, 0) is 13.3 Å². The van der Waals surface area contributed by atoms with Gasteiger partial charge in [-0.2, -0.15) is 0 Å². The summed E-state index contributed by atoms with van der Waals surface area (Å²) in [5, 5.41) is 0. The fraction of sp³-hybridized carbons (Fsp3) is 0.692. The van der Waals surface area contributed by atoms with Crippen LogP contribution in [-0.4, -0.2) is 48.1 Å². The quantitative estimate of drug-likeness (QED) is 0.501. The molecule has 0 atom stereocenters. The molecule has 5 heteroatoms. The van der Waals surface area contributed by atoms with Gasteiger partial charge in [-0.25, -0.2) is 0 Å². The minimum Gasteiger partial charge on any atom is -0.377 e. The van der Waals surface area contributed by atoms with E-state index in [2.05, 4.69) is 30.2 Å². The molecule has 4 nitrogen and oxygen atoms in total. The number of hydrogen-bond donors (Lipinski definition) is 0. The van der Waals surface area contributed by atoms with Gasteiger partial charge in [0.25, 0.3) is 0 Å². The standard InChI is InChI=1S/C13H25NO3Si/c1-13-7-10-14(11-8-13)9-5-6-12-18(15-2,16-3)17-4/h7-8,10H,5-6,9,11-12H2,1-4H3. The van der Waals surface area contributed by atoms with Gasteiger partial charge in [-0.05, 0) is 32.0 Å². The van der Waals surface area contributed by atoms with Gasteiger partial charge >= 0.3 is 8.80 Å². The van der Waals surface area contributed by atoms with Gasteiger partial charge in [0.05, 0.1) is 0 Å². The molecule has 0 fully saturated rings. The van der Waals surface area contributed by atoms with Crippen LogP contribution < -0.4 is 0 Å². The van der Waals surface area contributed by atoms with Crippen LogP contribution in [0.2, 0.25) is 6.04 Å². The minimum absolute atomic E-state index is 0.878. The van der Waals surface area contributed by atoms with Crippen molar-refractivity contribution < 1.29 is 13.3 Å². The summed E-state index contributed by atoms with van der Waals surface area (Å²) >= 11 is 0. The number of rotatable bonds is 8. The van der Waals surface area contributed by atoms with Crippen molar-refractivity contribution in [2.45, 2.75) is 25.8 Å². The van der Waals surface area contributed by atoms with E-state index in [0.717, 1.165) is 32.0 Å². The number of nitrogens with zero attached hydrogens (tertiary/aromatic N) is 1. The molecular formula is C13H25NO3Si. The van der Waals surface area contributed by atoms with Crippen LogP contribution in [0.4, 0.5) is 0 Å². The third-order valence-corrected chi connectivity index (χ3v) is 6.14. The Morgan fingerprint density at radius 3 is 2.33 bits per heavy atom. The maximum Gasteiger partial charge on any atom is 0.500 e. The SMILES string of the molecule is CO[Si](CCCCN1C=CC(C)=CC1)(OC)OC. The smallest absolute Gasteiger partial charge is 0.377 e. The van der Waals surface area contributed by atoms with Gasteiger partial charge in [0.2, 0.25) is 0 Å². The molecule has 1 aliphatic rings. The Labute approximate surface area is 112 Å². The van der Waals surface area contributed by atoms with Crippen molar-refractivity contribution in [3.8, 4) is 0 Å². The highest BCUT2D eigenvalue weighted by molar-refractivity contribution is 6.60. The normalized spacial score (nSPS) is 16.0. The van der Waals surface area contributed by atoms with Gasteiger partial charge in [-0.1, -0.05) is 11.6 Å². The molecule has 1 rings (SSSR count). The summed E-state index contributed by atoms with van der Waals surface area (Å²) in [6, 6.07) is 0.878. The van der Waals surface area contributed by atoms with Crippen LogP contribution in [0.5, 0.6) is 0 Å². The average molecular weight is 271 g/mol. The van der Waals surface area contributed by atoms with Crippen molar-refractivity contribution in [3.63, 3.8) is 0 Å². The first-order valence-electron chi connectivity index (χ1n) is 6.40. The molecule has 0 aromatic carbocycles. The van der Waals surface area contributed by atoms with Crippen LogP contribution >= 0.6 is 0 Å². The van der Waals surface area contributed by atoms with Crippen molar-refractivity contribution in [1.29, 1.82) is 0 Å². The van der Waals surface area contributed by atoms with Crippen molar-refractivity contribution in [1.82, 2.24) is 4.90 Å². The molecule has 0 aromatic rings. The highest BCUT2D eigenvalue weighted by atomic mass is 28.4. The summed E-state index contributed by atoms with van der Waals surface area (Å²) in [5.41, 5.74) is 1.34. The van der Waals surface area contributed by atoms with E-state index in [0.29, 0.717) is 0 Å². The van der Waals surface area contributed by atoms with E-state index in [1.165, 1.54) is 5.57 Å². The molecule has 0 spiro atoms. The summed E-state index contributed by atoms with van der Waals surface area (Å²) in [6.07, 6.45) is 8.76. The molecule has 0 radical (unpaired) electrons. The van der Waals surface area contributed by atoms with Crippen molar-refractivity contribution in [2.75, 3.05) is 34.4 Å². The minimum atomic E-state index is -2.36. The van der Waals surface area contributed by atoms with E-state index in [1.54, 1.807) is 21.3 Å². The molecule has 0 N–H and O–H groups in total. The lowest BCUT2D eigenvalue weighted by atomic mass is 10.2. The molecule has 0 amide bonds. The summed E-state index contributed by atoms with van der Waals surface area (Å²) in [5.74, 6) is 0. The van der Waals surface area contributed by atoms with E-state index in [4.69, 9.17) is 13.3 Å². The summed E-state index contributed by atoms with van der Waals surface area (Å²) in [6.45, 7) is 4.22. The third kappa shape index (κ3) is 4.57. The Morgan fingerprint density at radius 2 is 1.83 bits per heavy atom. The lowest BCUT2D eigenvalue weighted by molar-refractivity contribution is 0.122. The van der Waals surface area contributed by atoms with Gasteiger partial charge in [0, 0.05) is 40.5 Å². The van der Waals surface area contributed by atoms with E-state index in [9.17, 15) is 0 Å². The zero-order chi connectivity index (χ0) is 13.4. The van der Waals surface area contributed by atoms with Crippen LogP contribution in [0.25, 0.3) is 0 Å². The molecule has 0 saturated heterocycles. The first-order chi connectivity index (χ1) is 8.65. The van der Waals surface area contributed by atoms with Crippen molar-refractivity contribution in [2.24, 2.45) is 0 Å². The fourth-order valence-electron chi connectivity index (χ4n) is 1.99. The van der Waals surface area contributed by atoms with Crippen LogP contribution in [0.3, 0.4) is 0 Å². The Kier molecular flexibility index (Phi) is 6.63. The zero-order valence-corrected chi connectivity index (χ0v) is 12.9. The molecule has 18 heavy (non-hydrogen) atoms. The average Bonchev–Trinajstić information content (AvgIpc) is 2.42. The summed E-state index contributed by atoms with van der Waals surface area (Å²) in [4.78, 5) is 2.32. The van der Waals surface area contributed by atoms with E-state index >= 15 is 0 Å². The number of unbranched alkanes of at least 4 members (excludes halogenated alkanes) is 1. The van der Waals surface area contributed by atoms with E-state index in [1.807, 2.05) is 0 Å². The van der Waals surface area contributed by atoms with Crippen molar-refractivity contribution in [3.05, 3.63) is 23.9 Å². The third-order valence-electron chi connectivity index (χ3n) is 3.31. The van der Waals surface area contributed by atoms with Crippen molar-refractivity contribution >= 4 is 8.80 Å². The van der Waals surface area contributed by atoms with E-state index < -0.39 is 8.80 Å². The second-order valence-electron chi connectivity index (χ2n) is 4.51. The Morgan fingerprint density at radius 1 is 1.17 bits per heavy atom. The predicted molar refractivity (Wildman–Crippen MR) is 75.3 cm³/mol. The topological polar surface area (TPSA) is 30.9 Å². The number of allylic oxidation sites excluding steroid dienone is 2. The molecule has 0 aromatic heterocycles. The second kappa shape index (κ2) is 7.73. The summed E-state index contributed by atoms with van der Waals surface area (Å²) < 4.78 is 16.2. The molecule has 1 aliphatic heterocycles. The van der Waals surface area contributed by atoms with Gasteiger partial charge in [0.1, 0.15) is 0 Å². The van der Waals surface area contributed by atoms with Gasteiger partial charge in [-0.3, -0.25) is 0 Å². The molecule has 104 valence electrons. The highest BCUT2D eigenvalue weighted by Crippen LogP contribution is 2.17. The van der Waals surface area contributed by atoms with Crippen LogP contribution in [0.15, 0.2) is 23.9 Å². The largest absolute Gasteiger partial charge is 0.500 e. The molecule has 0 aliphatic carbocycles. The van der Waals surface area contributed by atoms with Gasteiger partial charge in [0.15, 0.2) is 0 Å². The van der Waals surface area contributed by atoms with Gasteiger partial charge < -0.3 is 18.2 Å². The highest BCUT2D eigenvalue weighted by Gasteiger charge is 2.36. The fourth-order valence-corrected chi connectivity index (χ4v) is 3.79. The first-order valence-corrected chi connectivity index (χ1v) is 8.33. The first kappa shape index (κ1) is 15.4. The molecule has 0 saturated carbocycles. The predicted octanol–water partition coefficient (Wildman–Crippen LogP) is 2.42. The molecular weight excluding hydrogens is 246 g/mol. The lowest BCUT2D eigenvalue weighted by Crippen LogP contribution is -2.42. The molecule has 1 heterocycles. The monoisotopic (exact) mass is 271 g/mol. The maximum atomic E-state index is 5.40. The number of hydrogen-bond acceptors (Lipinski definition) is 4. The second-order valence-corrected chi connectivity index (χ2v) is 7.60. The molecule has 0 bridgehead atoms. The van der Waals surface area contributed by atoms with Crippen LogP contribution in [0.1, 0.15) is 19.8 Å². The maximum absolute atomic E-state index is 5.40. The molecule has 0 unspecified atom stereocenters.